The van der Waals surface area contributed by atoms with E-state index in [2.05, 4.69) is 9.88 Å². The molecule has 8 nitrogen and oxygen atoms in total. The molecule has 2 aliphatic heterocycles. The molecule has 2 atom stereocenters. The number of benzene rings is 1. The Balaban J connectivity index is 1.29. The van der Waals surface area contributed by atoms with Gasteiger partial charge in [0.1, 0.15) is 11.2 Å². The third-order valence-corrected chi connectivity index (χ3v) is 8.48. The second kappa shape index (κ2) is 12.0. The number of aliphatic carboxylic acids is 1. The van der Waals surface area contributed by atoms with Gasteiger partial charge >= 0.3 is 5.97 Å². The summed E-state index contributed by atoms with van der Waals surface area (Å²) < 4.78 is 20.7. The summed E-state index contributed by atoms with van der Waals surface area (Å²) in [5, 5.41) is 19.6. The number of β-amino-alcohol motifs (C(OH)–C–C–N with tert-alkyl or cyclic N) is 1. The first-order valence-electron chi connectivity index (χ1n) is 13.9. The monoisotopic (exact) mass is 541 g/mol. The minimum Gasteiger partial charge on any atom is -0.480 e. The molecule has 9 heteroatoms. The number of likely N-dealkylation sites (tertiary alicyclic amines) is 2. The van der Waals surface area contributed by atoms with Crippen molar-refractivity contribution >= 4 is 11.9 Å². The van der Waals surface area contributed by atoms with Gasteiger partial charge in [0.2, 0.25) is 5.88 Å². The largest absolute Gasteiger partial charge is 0.480 e. The van der Waals surface area contributed by atoms with Crippen LogP contribution in [0.1, 0.15) is 63.2 Å². The highest BCUT2D eigenvalue weighted by atomic mass is 19.1. The van der Waals surface area contributed by atoms with Crippen LogP contribution in [0.25, 0.3) is 11.1 Å². The highest BCUT2D eigenvalue weighted by Crippen LogP contribution is 2.32. The zero-order valence-electron chi connectivity index (χ0n) is 23.1. The third kappa shape index (κ3) is 6.58. The number of hydrogen-bond donors (Lipinski definition) is 2. The first kappa shape index (κ1) is 29.0. The van der Waals surface area contributed by atoms with Gasteiger partial charge in [-0.25, -0.2) is 14.2 Å². The number of aliphatic hydroxyl groups excluding tert-OH is 1. The Morgan fingerprint density at radius 2 is 1.74 bits per heavy atom. The number of carbonyl (C=O) groups excluding carboxylic acids is 1. The van der Waals surface area contributed by atoms with Crippen LogP contribution in [0.2, 0.25) is 0 Å². The van der Waals surface area contributed by atoms with E-state index < -0.39 is 29.2 Å². The number of carbonyl (C=O) groups is 2. The smallest absolute Gasteiger partial charge is 0.329 e. The van der Waals surface area contributed by atoms with Crippen molar-refractivity contribution in [2.45, 2.75) is 70.2 Å². The van der Waals surface area contributed by atoms with Gasteiger partial charge < -0.3 is 24.7 Å². The highest BCUT2D eigenvalue weighted by molar-refractivity contribution is 5.98. The second-order valence-corrected chi connectivity index (χ2v) is 11.2. The highest BCUT2D eigenvalue weighted by Gasteiger charge is 2.49. The molecule has 212 valence electrons. The van der Waals surface area contributed by atoms with E-state index in [0.717, 1.165) is 37.1 Å². The van der Waals surface area contributed by atoms with E-state index in [-0.39, 0.29) is 13.0 Å². The molecule has 39 heavy (non-hydrogen) atoms. The molecule has 2 aliphatic rings. The number of pyridine rings is 1. The summed E-state index contributed by atoms with van der Waals surface area (Å²) in [5.41, 5.74) is -0.437. The van der Waals surface area contributed by atoms with Gasteiger partial charge in [-0.1, -0.05) is 26.0 Å². The number of piperidine rings is 1. The Hall–Kier alpha value is -3.04. The average molecular weight is 542 g/mol. The summed E-state index contributed by atoms with van der Waals surface area (Å²) in [4.78, 5) is 32.7. The van der Waals surface area contributed by atoms with Crippen molar-refractivity contribution in [3.63, 3.8) is 0 Å². The number of carboxylic acid groups (broad SMARTS) is 1. The topological polar surface area (TPSA) is 103 Å². The van der Waals surface area contributed by atoms with Gasteiger partial charge in [0.15, 0.2) is 0 Å². The van der Waals surface area contributed by atoms with E-state index in [0.29, 0.717) is 43.4 Å². The zero-order chi connectivity index (χ0) is 28.2. The number of nitrogens with zero attached hydrogens (tertiary/aromatic N) is 3. The predicted molar refractivity (Wildman–Crippen MR) is 146 cm³/mol. The third-order valence-electron chi connectivity index (χ3n) is 8.48. The summed E-state index contributed by atoms with van der Waals surface area (Å²) in [5.74, 6) is -0.580. The van der Waals surface area contributed by atoms with E-state index in [9.17, 15) is 24.2 Å². The van der Waals surface area contributed by atoms with Crippen LogP contribution < -0.4 is 4.74 Å². The van der Waals surface area contributed by atoms with Crippen LogP contribution in [-0.4, -0.2) is 87.0 Å². The number of aliphatic hydroxyl groups is 1. The molecular formula is C30H40FN3O5. The van der Waals surface area contributed by atoms with Gasteiger partial charge in [-0.15, -0.1) is 0 Å². The van der Waals surface area contributed by atoms with Crippen molar-refractivity contribution in [3.05, 3.63) is 48.2 Å². The number of rotatable bonds is 10. The van der Waals surface area contributed by atoms with Crippen molar-refractivity contribution < 1.29 is 28.9 Å². The van der Waals surface area contributed by atoms with Gasteiger partial charge in [0.05, 0.1) is 12.7 Å². The summed E-state index contributed by atoms with van der Waals surface area (Å²) in [6, 6.07) is 10.7. The molecule has 3 heterocycles. The molecule has 1 aromatic heterocycles. The first-order valence-corrected chi connectivity index (χ1v) is 13.9. The van der Waals surface area contributed by atoms with Gasteiger partial charge in [-0.2, -0.15) is 0 Å². The molecule has 0 saturated carbocycles. The molecule has 1 aromatic carbocycles. The first-order chi connectivity index (χ1) is 18.6. The van der Waals surface area contributed by atoms with Gasteiger partial charge in [0, 0.05) is 42.9 Å². The fraction of sp³-hybridized carbons (Fsp3) is 0.567. The summed E-state index contributed by atoms with van der Waals surface area (Å²) in [6.45, 7) is 8.15. The van der Waals surface area contributed by atoms with Crippen LogP contribution in [0.4, 0.5) is 4.39 Å². The number of halogens is 1. The predicted octanol–water partition coefficient (Wildman–Crippen LogP) is 4.42. The molecule has 0 aliphatic carbocycles. The SMILES string of the molecule is CCC(F)(CC)CN1CCC(COc2ccc(-c3ccc(C(=O)N4CC(O)CC4(C)C(=O)O)cc3)cn2)CC1. The molecule has 0 radical (unpaired) electrons. The van der Waals surface area contributed by atoms with Crippen molar-refractivity contribution in [1.82, 2.24) is 14.8 Å². The Morgan fingerprint density at radius 3 is 2.31 bits per heavy atom. The van der Waals surface area contributed by atoms with Crippen molar-refractivity contribution in [3.8, 4) is 17.0 Å². The number of alkyl halides is 1. The van der Waals surface area contributed by atoms with E-state index in [1.54, 1.807) is 30.5 Å². The Labute approximate surface area is 229 Å². The number of hydrogen-bond acceptors (Lipinski definition) is 6. The van der Waals surface area contributed by atoms with E-state index >= 15 is 0 Å². The Bertz CT molecular complexity index is 1130. The minimum absolute atomic E-state index is 0.00310. The lowest BCUT2D eigenvalue weighted by Crippen LogP contribution is -2.50. The number of carboxylic acids is 1. The van der Waals surface area contributed by atoms with E-state index in [1.807, 2.05) is 26.0 Å². The number of aromatic nitrogens is 1. The quantitative estimate of drug-likeness (QED) is 0.459. The lowest BCUT2D eigenvalue weighted by atomic mass is 9.94. The van der Waals surface area contributed by atoms with E-state index in [1.165, 1.54) is 11.8 Å². The summed E-state index contributed by atoms with van der Waals surface area (Å²) in [6.07, 6.45) is 3.92. The van der Waals surface area contributed by atoms with E-state index in [4.69, 9.17) is 4.74 Å². The maximum Gasteiger partial charge on any atom is 0.329 e. The Morgan fingerprint density at radius 1 is 1.10 bits per heavy atom. The lowest BCUT2D eigenvalue weighted by Gasteiger charge is -2.36. The molecule has 2 fully saturated rings. The van der Waals surface area contributed by atoms with Gasteiger partial charge in [-0.05, 0) is 75.4 Å². The van der Waals surface area contributed by atoms with Crippen LogP contribution in [-0.2, 0) is 4.79 Å². The molecule has 2 unspecified atom stereocenters. The Kier molecular flexibility index (Phi) is 8.91. The minimum atomic E-state index is -1.43. The van der Waals surface area contributed by atoms with Crippen LogP contribution in [0.15, 0.2) is 42.6 Å². The molecule has 2 saturated heterocycles. The van der Waals surface area contributed by atoms with Crippen LogP contribution >= 0.6 is 0 Å². The molecule has 0 spiro atoms. The fourth-order valence-corrected chi connectivity index (χ4v) is 5.54. The molecule has 4 rings (SSSR count). The van der Waals surface area contributed by atoms with Crippen molar-refractivity contribution in [2.75, 3.05) is 32.8 Å². The van der Waals surface area contributed by atoms with Crippen LogP contribution in [0.5, 0.6) is 5.88 Å². The molecule has 1 amide bonds. The van der Waals surface area contributed by atoms with Crippen molar-refractivity contribution in [1.29, 1.82) is 0 Å². The second-order valence-electron chi connectivity index (χ2n) is 11.2. The lowest BCUT2D eigenvalue weighted by molar-refractivity contribution is -0.147. The van der Waals surface area contributed by atoms with Crippen LogP contribution in [0.3, 0.4) is 0 Å². The molecule has 2 aromatic rings. The molecular weight excluding hydrogens is 501 g/mol. The number of ether oxygens (including phenoxy) is 1. The zero-order valence-corrected chi connectivity index (χ0v) is 23.1. The summed E-state index contributed by atoms with van der Waals surface area (Å²) >= 11 is 0. The average Bonchev–Trinajstić information content (AvgIpc) is 3.27. The van der Waals surface area contributed by atoms with Gasteiger partial charge in [-0.3, -0.25) is 4.79 Å². The van der Waals surface area contributed by atoms with Crippen LogP contribution in [0, 0.1) is 5.92 Å². The molecule has 0 bridgehead atoms. The summed E-state index contributed by atoms with van der Waals surface area (Å²) in [7, 11) is 0. The van der Waals surface area contributed by atoms with Gasteiger partial charge in [0.25, 0.3) is 5.91 Å². The molecule has 2 N–H and O–H groups in total. The fourth-order valence-electron chi connectivity index (χ4n) is 5.54. The maximum absolute atomic E-state index is 14.7. The maximum atomic E-state index is 14.7. The van der Waals surface area contributed by atoms with Crippen molar-refractivity contribution in [2.24, 2.45) is 5.92 Å². The standard InChI is InChI=1S/C30H40FN3O5/c1-4-30(31,5-2)20-33-14-12-21(13-15-33)19-39-26-11-10-24(17-32-26)22-6-8-23(9-7-22)27(36)34-18-25(35)16-29(34,3)28(37)38/h6-11,17,21,25,35H,4-5,12-16,18-20H2,1-3H3,(H,37,38). The number of amides is 1. The normalized spacial score (nSPS) is 22.7.